The molecule has 1 aliphatic rings. The van der Waals surface area contributed by atoms with E-state index in [4.69, 9.17) is 10.7 Å². The first-order valence-electron chi connectivity index (χ1n) is 9.76. The molecule has 146 valence electrons. The van der Waals surface area contributed by atoms with Crippen LogP contribution in [0.25, 0.3) is 22.2 Å². The maximum atomic E-state index is 12.4. The van der Waals surface area contributed by atoms with E-state index in [1.54, 1.807) is 12.4 Å². The second-order valence-corrected chi connectivity index (χ2v) is 7.68. The van der Waals surface area contributed by atoms with Crippen molar-refractivity contribution in [2.75, 3.05) is 18.0 Å². The Hall–Kier alpha value is -2.93. The Kier molecular flexibility index (Phi) is 5.00. The zero-order valence-electron chi connectivity index (χ0n) is 16.3. The zero-order valence-corrected chi connectivity index (χ0v) is 16.3. The van der Waals surface area contributed by atoms with Gasteiger partial charge in [-0.3, -0.25) is 9.78 Å². The van der Waals surface area contributed by atoms with E-state index in [1.165, 1.54) is 0 Å². The van der Waals surface area contributed by atoms with Gasteiger partial charge in [0.05, 0.1) is 18.1 Å². The molecule has 7 nitrogen and oxygen atoms in total. The molecule has 0 aliphatic carbocycles. The first-order chi connectivity index (χ1) is 13.5. The van der Waals surface area contributed by atoms with Gasteiger partial charge in [0, 0.05) is 53.4 Å². The van der Waals surface area contributed by atoms with Gasteiger partial charge in [0.25, 0.3) is 5.91 Å². The first-order valence-corrected chi connectivity index (χ1v) is 9.76. The third-order valence-corrected chi connectivity index (χ3v) is 5.13. The summed E-state index contributed by atoms with van der Waals surface area (Å²) < 4.78 is 0. The average molecular weight is 378 g/mol. The predicted octanol–water partition coefficient (Wildman–Crippen LogP) is 2.69. The summed E-state index contributed by atoms with van der Waals surface area (Å²) in [7, 11) is 0. The number of rotatable bonds is 4. The Morgan fingerprint density at radius 3 is 2.82 bits per heavy atom. The predicted molar refractivity (Wildman–Crippen MR) is 111 cm³/mol. The van der Waals surface area contributed by atoms with E-state index < -0.39 is 0 Å². The number of H-pyrrole nitrogens is 1. The maximum absolute atomic E-state index is 12.4. The van der Waals surface area contributed by atoms with Crippen LogP contribution < -0.4 is 16.0 Å². The number of benzene rings is 1. The van der Waals surface area contributed by atoms with Crippen LogP contribution >= 0.6 is 0 Å². The second-order valence-electron chi connectivity index (χ2n) is 7.68. The monoisotopic (exact) mass is 378 g/mol. The molecule has 4 rings (SSSR count). The Morgan fingerprint density at radius 1 is 1.29 bits per heavy atom. The van der Waals surface area contributed by atoms with E-state index in [2.05, 4.69) is 20.2 Å². The molecule has 2 aromatic heterocycles. The fourth-order valence-corrected chi connectivity index (χ4v) is 3.59. The topological polar surface area (TPSA) is 99.9 Å². The quantitative estimate of drug-likeness (QED) is 0.648. The van der Waals surface area contributed by atoms with Crippen molar-refractivity contribution >= 4 is 22.6 Å². The minimum atomic E-state index is -0.0754. The van der Waals surface area contributed by atoms with Crippen molar-refractivity contribution in [3.05, 3.63) is 42.4 Å². The molecule has 3 heterocycles. The van der Waals surface area contributed by atoms with Crippen LogP contribution in [-0.4, -0.2) is 46.0 Å². The normalized spacial score (nSPS) is 15.4. The summed E-state index contributed by atoms with van der Waals surface area (Å²) in [5.74, 6) is 0.793. The third kappa shape index (κ3) is 3.71. The van der Waals surface area contributed by atoms with Gasteiger partial charge in [-0.2, -0.15) is 0 Å². The molecule has 1 aromatic carbocycles. The summed E-state index contributed by atoms with van der Waals surface area (Å²) in [6.45, 7) is 5.69. The summed E-state index contributed by atoms with van der Waals surface area (Å²) in [6, 6.07) is 6.04. The average Bonchev–Trinajstić information content (AvgIpc) is 3.11. The fourth-order valence-electron chi connectivity index (χ4n) is 3.59. The minimum Gasteiger partial charge on any atom is -0.360 e. The maximum Gasteiger partial charge on any atom is 0.251 e. The third-order valence-electron chi connectivity index (χ3n) is 5.13. The van der Waals surface area contributed by atoms with Crippen LogP contribution in [0.5, 0.6) is 0 Å². The van der Waals surface area contributed by atoms with Gasteiger partial charge >= 0.3 is 0 Å². The van der Waals surface area contributed by atoms with Crippen LogP contribution in [0.1, 0.15) is 37.0 Å². The molecule has 0 unspecified atom stereocenters. The van der Waals surface area contributed by atoms with Crippen LogP contribution in [0.15, 0.2) is 36.8 Å². The molecule has 1 fully saturated rings. The van der Waals surface area contributed by atoms with Gasteiger partial charge in [0.15, 0.2) is 0 Å². The molecule has 1 amide bonds. The number of hydrogen-bond donors (Lipinski definition) is 3. The molecule has 7 heteroatoms. The number of fused-ring (bicyclic) bond motifs is 1. The lowest BCUT2D eigenvalue weighted by molar-refractivity contribution is 0.0943. The molecule has 1 saturated heterocycles. The lowest BCUT2D eigenvalue weighted by atomic mass is 10.1. The van der Waals surface area contributed by atoms with Gasteiger partial charge in [-0.15, -0.1) is 0 Å². The van der Waals surface area contributed by atoms with Crippen LogP contribution in [0.4, 0.5) is 5.82 Å². The van der Waals surface area contributed by atoms with E-state index in [0.29, 0.717) is 5.56 Å². The van der Waals surface area contributed by atoms with Gasteiger partial charge in [-0.25, -0.2) is 4.98 Å². The number of aromatic nitrogens is 3. The molecule has 0 spiro atoms. The van der Waals surface area contributed by atoms with E-state index >= 15 is 0 Å². The molecule has 28 heavy (non-hydrogen) atoms. The number of carbonyl (C=O) groups excluding carboxylic acids is 1. The van der Waals surface area contributed by atoms with E-state index in [1.807, 2.05) is 38.2 Å². The van der Waals surface area contributed by atoms with Crippen LogP contribution in [0, 0.1) is 0 Å². The molecular formula is C21H26N6O. The zero-order chi connectivity index (χ0) is 19.7. The highest BCUT2D eigenvalue weighted by Gasteiger charge is 2.19. The van der Waals surface area contributed by atoms with Crippen LogP contribution in [0.3, 0.4) is 0 Å². The summed E-state index contributed by atoms with van der Waals surface area (Å²) >= 11 is 0. The minimum absolute atomic E-state index is 0.0754. The number of aromatic amines is 1. The number of nitrogens with one attached hydrogen (secondary N) is 2. The summed E-state index contributed by atoms with van der Waals surface area (Å²) in [4.78, 5) is 27.1. The van der Waals surface area contributed by atoms with Crippen LogP contribution in [0.2, 0.25) is 0 Å². The number of piperidine rings is 1. The van der Waals surface area contributed by atoms with Gasteiger partial charge in [-0.1, -0.05) is 0 Å². The highest BCUT2D eigenvalue weighted by atomic mass is 16.1. The number of nitrogens with two attached hydrogens (primary N) is 1. The van der Waals surface area contributed by atoms with Gasteiger partial charge in [0.1, 0.15) is 5.82 Å². The fraction of sp³-hybridized carbons (Fsp3) is 0.381. The Balaban J connectivity index is 1.67. The molecule has 1 aliphatic heterocycles. The van der Waals surface area contributed by atoms with Crippen molar-refractivity contribution < 1.29 is 4.79 Å². The smallest absolute Gasteiger partial charge is 0.251 e. The SMILES string of the molecule is CC(C)NC(=O)c1ccc2[nH]cc(-c3cncc(N4CCC(N)CC4)n3)c2c1. The summed E-state index contributed by atoms with van der Waals surface area (Å²) in [5, 5.41) is 3.90. The van der Waals surface area contributed by atoms with E-state index in [0.717, 1.165) is 53.9 Å². The molecule has 0 saturated carbocycles. The molecule has 0 bridgehead atoms. The number of anilines is 1. The largest absolute Gasteiger partial charge is 0.360 e. The van der Waals surface area contributed by atoms with Crippen molar-refractivity contribution in [3.63, 3.8) is 0 Å². The Labute approximate surface area is 164 Å². The first kappa shape index (κ1) is 18.4. The van der Waals surface area contributed by atoms with E-state index in [-0.39, 0.29) is 18.0 Å². The number of carbonyl (C=O) groups is 1. The van der Waals surface area contributed by atoms with Crippen molar-refractivity contribution in [1.82, 2.24) is 20.3 Å². The summed E-state index contributed by atoms with van der Waals surface area (Å²) in [5.41, 5.74) is 9.35. The van der Waals surface area contributed by atoms with Gasteiger partial charge in [0.2, 0.25) is 0 Å². The molecule has 3 aromatic rings. The van der Waals surface area contributed by atoms with Gasteiger partial charge < -0.3 is 20.9 Å². The van der Waals surface area contributed by atoms with Crippen molar-refractivity contribution in [1.29, 1.82) is 0 Å². The lowest BCUT2D eigenvalue weighted by Crippen LogP contribution is -2.40. The van der Waals surface area contributed by atoms with E-state index in [9.17, 15) is 4.79 Å². The van der Waals surface area contributed by atoms with Gasteiger partial charge in [-0.05, 0) is 44.9 Å². The molecule has 0 atom stereocenters. The van der Waals surface area contributed by atoms with Crippen molar-refractivity contribution in [3.8, 4) is 11.3 Å². The molecule has 0 radical (unpaired) electrons. The second kappa shape index (κ2) is 7.59. The number of nitrogens with zero attached hydrogens (tertiary/aromatic N) is 3. The molecule has 4 N–H and O–H groups in total. The summed E-state index contributed by atoms with van der Waals surface area (Å²) in [6.07, 6.45) is 7.43. The standard InChI is InChI=1S/C21H26N6O/c1-13(2)25-21(28)14-3-4-18-16(9-14)17(10-24-18)19-11-23-12-20(26-19)27-7-5-15(22)6-8-27/h3-4,9-13,15,24H,5-8,22H2,1-2H3,(H,25,28). The van der Waals surface area contributed by atoms with Crippen molar-refractivity contribution in [2.45, 2.75) is 38.8 Å². The molecular weight excluding hydrogens is 352 g/mol. The van der Waals surface area contributed by atoms with Crippen LogP contribution in [-0.2, 0) is 0 Å². The lowest BCUT2D eigenvalue weighted by Gasteiger charge is -2.30. The van der Waals surface area contributed by atoms with Crippen molar-refractivity contribution in [2.24, 2.45) is 5.73 Å². The highest BCUT2D eigenvalue weighted by molar-refractivity contribution is 6.02. The number of amides is 1. The number of hydrogen-bond acceptors (Lipinski definition) is 5. The highest BCUT2D eigenvalue weighted by Crippen LogP contribution is 2.29. The Morgan fingerprint density at radius 2 is 2.07 bits per heavy atom. The Bertz CT molecular complexity index is 987.